The van der Waals surface area contributed by atoms with Gasteiger partial charge in [-0.2, -0.15) is 0 Å². The Balaban J connectivity index is 1.89. The van der Waals surface area contributed by atoms with Crippen LogP contribution in [0.4, 0.5) is 0 Å². The summed E-state index contributed by atoms with van der Waals surface area (Å²) < 4.78 is 5.69. The van der Waals surface area contributed by atoms with Crippen molar-refractivity contribution in [3.8, 4) is 0 Å². The zero-order valence-electron chi connectivity index (χ0n) is 10.5. The quantitative estimate of drug-likeness (QED) is 0.714. The molecule has 0 radical (unpaired) electrons. The Kier molecular flexibility index (Phi) is 4.69. The first-order chi connectivity index (χ1) is 8.18. The number of rotatable bonds is 2. The van der Waals surface area contributed by atoms with Crippen LogP contribution in [0.25, 0.3) is 0 Å². The molecule has 17 heavy (non-hydrogen) atoms. The van der Waals surface area contributed by atoms with Crippen molar-refractivity contribution in [2.45, 2.75) is 63.0 Å². The molecule has 3 nitrogen and oxygen atoms in total. The fourth-order valence-corrected chi connectivity index (χ4v) is 3.00. The highest BCUT2D eigenvalue weighted by Crippen LogP contribution is 2.26. The van der Waals surface area contributed by atoms with Crippen molar-refractivity contribution in [2.75, 3.05) is 13.1 Å². The van der Waals surface area contributed by atoms with Crippen LogP contribution in [-0.2, 0) is 9.53 Å². The van der Waals surface area contributed by atoms with Gasteiger partial charge in [-0.25, -0.2) is 0 Å². The van der Waals surface area contributed by atoms with Crippen LogP contribution in [0, 0.1) is 0 Å². The van der Waals surface area contributed by atoms with Crippen LogP contribution < -0.4 is 0 Å². The van der Waals surface area contributed by atoms with Gasteiger partial charge in [0, 0.05) is 13.1 Å². The minimum atomic E-state index is -0.488. The van der Waals surface area contributed by atoms with Crippen molar-refractivity contribution in [3.05, 3.63) is 0 Å². The molecule has 1 amide bonds. The molecule has 0 saturated carbocycles. The lowest BCUT2D eigenvalue weighted by molar-refractivity contribution is -0.133. The molecule has 0 aliphatic carbocycles. The van der Waals surface area contributed by atoms with E-state index in [2.05, 4.69) is 0 Å². The molecule has 2 rings (SSSR count). The van der Waals surface area contributed by atoms with Gasteiger partial charge >= 0.3 is 0 Å². The predicted octanol–water partition coefficient (Wildman–Crippen LogP) is 2.56. The Morgan fingerprint density at radius 2 is 1.88 bits per heavy atom. The fourth-order valence-electron chi connectivity index (χ4n) is 2.67. The van der Waals surface area contributed by atoms with E-state index in [-0.39, 0.29) is 18.1 Å². The van der Waals surface area contributed by atoms with Crippen LogP contribution >= 0.6 is 11.6 Å². The van der Waals surface area contributed by atoms with E-state index in [1.165, 1.54) is 12.8 Å². The Morgan fingerprint density at radius 1 is 1.24 bits per heavy atom. The van der Waals surface area contributed by atoms with Crippen molar-refractivity contribution < 1.29 is 9.53 Å². The second-order valence-electron chi connectivity index (χ2n) is 5.20. The Hall–Kier alpha value is -0.280. The van der Waals surface area contributed by atoms with Crippen LogP contribution in [0.15, 0.2) is 0 Å². The topological polar surface area (TPSA) is 29.5 Å². The first-order valence-corrected chi connectivity index (χ1v) is 7.20. The Morgan fingerprint density at radius 3 is 2.41 bits per heavy atom. The molecule has 4 heteroatoms. The van der Waals surface area contributed by atoms with Crippen LogP contribution in [0.3, 0.4) is 0 Å². The van der Waals surface area contributed by atoms with Gasteiger partial charge in [0.1, 0.15) is 5.38 Å². The molecule has 0 N–H and O–H groups in total. The minimum absolute atomic E-state index is 0.0765. The lowest BCUT2D eigenvalue weighted by atomic mass is 10.1. The van der Waals surface area contributed by atoms with Gasteiger partial charge in [0.2, 0.25) is 5.91 Å². The standard InChI is InChI=1S/C13H22ClNO2/c1-10-6-7-11(17-10)12(14)13(16)15-8-4-2-3-5-9-15/h10-12H,2-9H2,1H3. The summed E-state index contributed by atoms with van der Waals surface area (Å²) in [6.45, 7) is 3.77. The molecule has 0 spiro atoms. The number of amides is 1. The first-order valence-electron chi connectivity index (χ1n) is 6.77. The number of likely N-dealkylation sites (tertiary alicyclic amines) is 1. The highest BCUT2D eigenvalue weighted by molar-refractivity contribution is 6.31. The number of carbonyl (C=O) groups is 1. The third kappa shape index (κ3) is 3.35. The highest BCUT2D eigenvalue weighted by atomic mass is 35.5. The monoisotopic (exact) mass is 259 g/mol. The van der Waals surface area contributed by atoms with Gasteiger partial charge in [-0.3, -0.25) is 4.79 Å². The van der Waals surface area contributed by atoms with Crippen molar-refractivity contribution >= 4 is 17.5 Å². The minimum Gasteiger partial charge on any atom is -0.373 e. The molecule has 2 fully saturated rings. The van der Waals surface area contributed by atoms with Gasteiger partial charge in [-0.05, 0) is 32.6 Å². The summed E-state index contributed by atoms with van der Waals surface area (Å²) in [4.78, 5) is 14.2. The lowest BCUT2D eigenvalue weighted by Gasteiger charge is -2.25. The summed E-state index contributed by atoms with van der Waals surface area (Å²) in [5.74, 6) is 0.0765. The molecule has 0 bridgehead atoms. The number of carbonyl (C=O) groups excluding carboxylic acids is 1. The van der Waals surface area contributed by atoms with Crippen LogP contribution in [0.1, 0.15) is 45.4 Å². The Labute approximate surface area is 108 Å². The maximum absolute atomic E-state index is 12.3. The summed E-state index contributed by atoms with van der Waals surface area (Å²) in [5.41, 5.74) is 0. The third-order valence-corrected chi connectivity index (χ3v) is 4.21. The molecular weight excluding hydrogens is 238 g/mol. The predicted molar refractivity (Wildman–Crippen MR) is 68.3 cm³/mol. The third-order valence-electron chi connectivity index (χ3n) is 3.74. The van der Waals surface area contributed by atoms with Crippen LogP contribution in [0.5, 0.6) is 0 Å². The van der Waals surface area contributed by atoms with Crippen molar-refractivity contribution in [3.63, 3.8) is 0 Å². The lowest BCUT2D eigenvalue weighted by Crippen LogP contribution is -2.42. The van der Waals surface area contributed by atoms with Gasteiger partial charge in [0.05, 0.1) is 12.2 Å². The number of nitrogens with zero attached hydrogens (tertiary/aromatic N) is 1. The number of alkyl halides is 1. The van der Waals surface area contributed by atoms with Gasteiger partial charge < -0.3 is 9.64 Å². The average Bonchev–Trinajstić information content (AvgIpc) is 2.60. The fraction of sp³-hybridized carbons (Fsp3) is 0.923. The molecule has 3 atom stereocenters. The van der Waals surface area contributed by atoms with E-state index in [0.29, 0.717) is 0 Å². The molecule has 2 aliphatic heterocycles. The maximum Gasteiger partial charge on any atom is 0.243 e. The molecule has 0 aromatic heterocycles. The largest absolute Gasteiger partial charge is 0.373 e. The molecule has 2 aliphatic rings. The van der Waals surface area contributed by atoms with Crippen molar-refractivity contribution in [2.24, 2.45) is 0 Å². The molecule has 2 heterocycles. The molecule has 0 aromatic carbocycles. The zero-order chi connectivity index (χ0) is 12.3. The average molecular weight is 260 g/mol. The SMILES string of the molecule is CC1CCC(C(Cl)C(=O)N2CCCCCC2)O1. The number of ether oxygens (including phenoxy) is 1. The summed E-state index contributed by atoms with van der Waals surface area (Å²) in [7, 11) is 0. The molecule has 0 aromatic rings. The molecular formula is C13H22ClNO2. The second-order valence-corrected chi connectivity index (χ2v) is 5.67. The molecule has 2 saturated heterocycles. The number of hydrogen-bond acceptors (Lipinski definition) is 2. The van der Waals surface area contributed by atoms with E-state index in [0.717, 1.165) is 38.8 Å². The molecule has 3 unspecified atom stereocenters. The van der Waals surface area contributed by atoms with E-state index in [9.17, 15) is 4.79 Å². The van der Waals surface area contributed by atoms with Crippen molar-refractivity contribution in [1.82, 2.24) is 4.90 Å². The maximum atomic E-state index is 12.3. The van der Waals surface area contributed by atoms with Crippen LogP contribution in [0.2, 0.25) is 0 Å². The Bertz CT molecular complexity index is 264. The zero-order valence-corrected chi connectivity index (χ0v) is 11.3. The van der Waals surface area contributed by atoms with E-state index in [1.807, 2.05) is 11.8 Å². The van der Waals surface area contributed by atoms with E-state index < -0.39 is 5.38 Å². The highest BCUT2D eigenvalue weighted by Gasteiger charge is 2.35. The smallest absolute Gasteiger partial charge is 0.243 e. The van der Waals surface area contributed by atoms with Crippen LogP contribution in [-0.4, -0.2) is 41.5 Å². The molecule has 98 valence electrons. The number of hydrogen-bond donors (Lipinski definition) is 0. The van der Waals surface area contributed by atoms with E-state index in [4.69, 9.17) is 16.3 Å². The summed E-state index contributed by atoms with van der Waals surface area (Å²) >= 11 is 6.27. The normalized spacial score (nSPS) is 32.2. The van der Waals surface area contributed by atoms with E-state index in [1.54, 1.807) is 0 Å². The number of halogens is 1. The van der Waals surface area contributed by atoms with E-state index >= 15 is 0 Å². The van der Waals surface area contributed by atoms with Gasteiger partial charge in [0.25, 0.3) is 0 Å². The second kappa shape index (κ2) is 6.05. The van der Waals surface area contributed by atoms with Crippen molar-refractivity contribution in [1.29, 1.82) is 0 Å². The summed E-state index contributed by atoms with van der Waals surface area (Å²) in [6.07, 6.45) is 6.77. The first kappa shape index (κ1) is 13.2. The van der Waals surface area contributed by atoms with Gasteiger partial charge in [-0.15, -0.1) is 11.6 Å². The summed E-state index contributed by atoms with van der Waals surface area (Å²) in [6, 6.07) is 0. The summed E-state index contributed by atoms with van der Waals surface area (Å²) in [5, 5.41) is -0.488. The van der Waals surface area contributed by atoms with Gasteiger partial charge in [-0.1, -0.05) is 12.8 Å². The van der Waals surface area contributed by atoms with Gasteiger partial charge in [0.15, 0.2) is 0 Å².